The first-order chi connectivity index (χ1) is 4.61. The van der Waals surface area contributed by atoms with Gasteiger partial charge in [-0.2, -0.15) is 0 Å². The summed E-state index contributed by atoms with van der Waals surface area (Å²) in [4.78, 5) is 0. The van der Waals surface area contributed by atoms with Gasteiger partial charge in [-0.1, -0.05) is 0 Å². The van der Waals surface area contributed by atoms with E-state index in [4.69, 9.17) is 0 Å². The predicted molar refractivity (Wildman–Crippen MR) is 40.4 cm³/mol. The van der Waals surface area contributed by atoms with Crippen LogP contribution in [-0.2, 0) is 0 Å². The van der Waals surface area contributed by atoms with E-state index in [0.29, 0.717) is 10.9 Å². The molecule has 0 saturated heterocycles. The van der Waals surface area contributed by atoms with Crippen molar-refractivity contribution in [2.75, 3.05) is 0 Å². The summed E-state index contributed by atoms with van der Waals surface area (Å²) in [7, 11) is 2.31. The molecule has 1 aromatic carbocycles. The molecule has 10 heavy (non-hydrogen) atoms. The normalized spacial score (nSPS) is 10.0. The first-order valence-corrected chi connectivity index (χ1v) is 3.40. The van der Waals surface area contributed by atoms with Gasteiger partial charge >= 0.3 is 0 Å². The summed E-state index contributed by atoms with van der Waals surface area (Å²) in [5, 5.41) is 0.663. The van der Waals surface area contributed by atoms with Crippen LogP contribution < -0.4 is 5.30 Å². The summed E-state index contributed by atoms with van der Waals surface area (Å²) >= 11 is 0. The SMILES string of the molecule is Cc1cc(P)cc(F)c1F. The predicted octanol–water partition coefficient (Wildman–Crippen LogP) is 1.77. The molecule has 0 aliphatic carbocycles. The quantitative estimate of drug-likeness (QED) is 0.507. The molecule has 1 unspecified atom stereocenters. The highest BCUT2D eigenvalue weighted by molar-refractivity contribution is 7.27. The summed E-state index contributed by atoms with van der Waals surface area (Å²) in [6.45, 7) is 1.53. The molecule has 0 amide bonds. The first kappa shape index (κ1) is 7.62. The van der Waals surface area contributed by atoms with Crippen molar-refractivity contribution in [1.82, 2.24) is 0 Å². The molecule has 0 saturated carbocycles. The third kappa shape index (κ3) is 1.32. The maximum Gasteiger partial charge on any atom is 0.161 e. The third-order valence-corrected chi connectivity index (χ3v) is 1.57. The number of benzene rings is 1. The molecule has 0 N–H and O–H groups in total. The van der Waals surface area contributed by atoms with Crippen LogP contribution in [0.25, 0.3) is 0 Å². The van der Waals surface area contributed by atoms with E-state index in [2.05, 4.69) is 9.24 Å². The fourth-order valence-electron chi connectivity index (χ4n) is 0.753. The van der Waals surface area contributed by atoms with E-state index >= 15 is 0 Å². The van der Waals surface area contributed by atoms with Crippen LogP contribution in [0.5, 0.6) is 0 Å². The Morgan fingerprint density at radius 3 is 2.40 bits per heavy atom. The lowest BCUT2D eigenvalue weighted by Gasteiger charge is -1.98. The zero-order chi connectivity index (χ0) is 7.72. The van der Waals surface area contributed by atoms with Gasteiger partial charge in [-0.15, -0.1) is 9.24 Å². The molecule has 1 atom stereocenters. The van der Waals surface area contributed by atoms with Crippen molar-refractivity contribution in [2.24, 2.45) is 0 Å². The fraction of sp³-hybridized carbons (Fsp3) is 0.143. The van der Waals surface area contributed by atoms with E-state index in [0.717, 1.165) is 6.07 Å². The van der Waals surface area contributed by atoms with Crippen LogP contribution in [0.3, 0.4) is 0 Å². The van der Waals surface area contributed by atoms with Gasteiger partial charge in [0.15, 0.2) is 11.6 Å². The van der Waals surface area contributed by atoms with E-state index in [-0.39, 0.29) is 0 Å². The Labute approximate surface area is 60.5 Å². The van der Waals surface area contributed by atoms with Crippen molar-refractivity contribution in [3.63, 3.8) is 0 Å². The van der Waals surface area contributed by atoms with Crippen molar-refractivity contribution in [2.45, 2.75) is 6.92 Å². The van der Waals surface area contributed by atoms with Gasteiger partial charge in [0.2, 0.25) is 0 Å². The summed E-state index contributed by atoms with van der Waals surface area (Å²) in [5.74, 6) is -1.55. The van der Waals surface area contributed by atoms with Gasteiger partial charge in [-0.3, -0.25) is 0 Å². The van der Waals surface area contributed by atoms with Crippen molar-refractivity contribution in [1.29, 1.82) is 0 Å². The first-order valence-electron chi connectivity index (χ1n) is 2.82. The van der Waals surface area contributed by atoms with E-state index < -0.39 is 11.6 Å². The highest BCUT2D eigenvalue weighted by atomic mass is 31.0. The second-order valence-corrected chi connectivity index (χ2v) is 2.80. The molecule has 3 heteroatoms. The zero-order valence-corrected chi connectivity index (χ0v) is 6.64. The van der Waals surface area contributed by atoms with Crippen LogP contribution in [0, 0.1) is 18.6 Å². The third-order valence-electron chi connectivity index (χ3n) is 1.23. The van der Waals surface area contributed by atoms with Crippen molar-refractivity contribution < 1.29 is 8.78 Å². The van der Waals surface area contributed by atoms with Crippen LogP contribution in [0.4, 0.5) is 8.78 Å². The van der Waals surface area contributed by atoms with Crippen molar-refractivity contribution in [3.05, 3.63) is 29.3 Å². The summed E-state index contributed by atoms with van der Waals surface area (Å²) < 4.78 is 25.0. The number of hydrogen-bond acceptors (Lipinski definition) is 0. The summed E-state index contributed by atoms with van der Waals surface area (Å²) in [5.41, 5.74) is 0.338. The van der Waals surface area contributed by atoms with Crippen LogP contribution in [0.15, 0.2) is 12.1 Å². The van der Waals surface area contributed by atoms with E-state index in [1.165, 1.54) is 6.92 Å². The Hall–Kier alpha value is -0.490. The minimum Gasteiger partial charge on any atom is -0.204 e. The Balaban J connectivity index is 3.31. The average Bonchev–Trinajstić information content (AvgIpc) is 1.82. The monoisotopic (exact) mass is 160 g/mol. The molecule has 0 aromatic heterocycles. The molecule has 0 aliphatic heterocycles. The minimum atomic E-state index is -0.787. The van der Waals surface area contributed by atoms with Crippen molar-refractivity contribution >= 4 is 14.5 Å². The van der Waals surface area contributed by atoms with Crippen LogP contribution in [0.1, 0.15) is 5.56 Å². The molecule has 0 radical (unpaired) electrons. The van der Waals surface area contributed by atoms with Gasteiger partial charge in [0.1, 0.15) is 0 Å². The number of halogens is 2. The highest BCUT2D eigenvalue weighted by Crippen LogP contribution is 2.09. The Bertz CT molecular complexity index is 235. The van der Waals surface area contributed by atoms with Gasteiger partial charge in [-0.05, 0) is 29.9 Å². The molecule has 54 valence electrons. The van der Waals surface area contributed by atoms with Gasteiger partial charge in [0, 0.05) is 0 Å². The molecule has 1 aromatic rings. The maximum atomic E-state index is 12.5. The van der Waals surface area contributed by atoms with Crippen molar-refractivity contribution in [3.8, 4) is 0 Å². The molecule has 0 nitrogen and oxygen atoms in total. The lowest BCUT2D eigenvalue weighted by molar-refractivity contribution is 0.504. The average molecular weight is 160 g/mol. The summed E-state index contributed by atoms with van der Waals surface area (Å²) in [6.07, 6.45) is 0. The molecule has 0 fully saturated rings. The van der Waals surface area contributed by atoms with Crippen LogP contribution in [0.2, 0.25) is 0 Å². The highest BCUT2D eigenvalue weighted by Gasteiger charge is 2.03. The smallest absolute Gasteiger partial charge is 0.161 e. The van der Waals surface area contributed by atoms with Gasteiger partial charge < -0.3 is 0 Å². The molecule has 0 bridgehead atoms. The van der Waals surface area contributed by atoms with E-state index in [9.17, 15) is 8.78 Å². The topological polar surface area (TPSA) is 0 Å². The lowest BCUT2D eigenvalue weighted by atomic mass is 10.2. The molecule has 1 rings (SSSR count). The number of hydrogen-bond donors (Lipinski definition) is 0. The van der Waals surface area contributed by atoms with Crippen LogP contribution >= 0.6 is 9.24 Å². The second-order valence-electron chi connectivity index (χ2n) is 2.13. The molecule has 0 heterocycles. The zero-order valence-electron chi connectivity index (χ0n) is 5.49. The standard InChI is InChI=1S/C7H7F2P/c1-4-2-5(10)3-6(8)7(4)9/h2-3H,10H2,1H3. The maximum absolute atomic E-state index is 12.5. The fourth-order valence-corrected chi connectivity index (χ4v) is 1.15. The molecular weight excluding hydrogens is 153 g/mol. The van der Waals surface area contributed by atoms with Gasteiger partial charge in [-0.25, -0.2) is 8.78 Å². The lowest BCUT2D eigenvalue weighted by Crippen LogP contribution is -1.98. The Kier molecular flexibility index (Phi) is 2.00. The molecule has 0 aliphatic rings. The second kappa shape index (κ2) is 2.63. The molecule has 0 spiro atoms. The van der Waals surface area contributed by atoms with E-state index in [1.54, 1.807) is 6.07 Å². The Morgan fingerprint density at radius 2 is 1.90 bits per heavy atom. The molecular formula is C7H7F2P. The van der Waals surface area contributed by atoms with Gasteiger partial charge in [0.05, 0.1) is 0 Å². The van der Waals surface area contributed by atoms with Gasteiger partial charge in [0.25, 0.3) is 0 Å². The van der Waals surface area contributed by atoms with Crippen LogP contribution in [-0.4, -0.2) is 0 Å². The minimum absolute atomic E-state index is 0.338. The number of aryl methyl sites for hydroxylation is 1. The van der Waals surface area contributed by atoms with E-state index in [1.807, 2.05) is 0 Å². The summed E-state index contributed by atoms with van der Waals surface area (Å²) in [6, 6.07) is 2.72. The number of rotatable bonds is 0. The largest absolute Gasteiger partial charge is 0.204 e. The Morgan fingerprint density at radius 1 is 1.30 bits per heavy atom.